The smallest absolute Gasteiger partial charge is 0.347 e. The summed E-state index contributed by atoms with van der Waals surface area (Å²) in [5, 5.41) is 0.654. The molecule has 0 spiro atoms. The van der Waals surface area contributed by atoms with Crippen molar-refractivity contribution in [2.45, 2.75) is 19.3 Å². The summed E-state index contributed by atoms with van der Waals surface area (Å²) >= 11 is 13.4. The van der Waals surface area contributed by atoms with Crippen molar-refractivity contribution < 1.29 is 8.63 Å². The first-order valence-electron chi connectivity index (χ1n) is 13.9. The van der Waals surface area contributed by atoms with E-state index in [0.29, 0.717) is 27.6 Å². The van der Waals surface area contributed by atoms with Crippen LogP contribution >= 0.6 is 23.2 Å². The van der Waals surface area contributed by atoms with Gasteiger partial charge in [-0.2, -0.15) is 0 Å². The number of hydrogen-bond acceptors (Lipinski definition) is 2. The number of anilines is 1. The minimum absolute atomic E-state index is 0.221. The van der Waals surface area contributed by atoms with Crippen LogP contribution in [0.1, 0.15) is 30.7 Å². The van der Waals surface area contributed by atoms with Gasteiger partial charge in [-0.15, -0.1) is 0 Å². The second-order valence-electron chi connectivity index (χ2n) is 11.0. The quantitative estimate of drug-likeness (QED) is 0.199. The van der Waals surface area contributed by atoms with Gasteiger partial charge in [-0.25, -0.2) is 4.99 Å². The van der Waals surface area contributed by atoms with Crippen LogP contribution in [0.3, 0.4) is 0 Å². The maximum absolute atomic E-state index is 14.9. The molecule has 2 aliphatic rings. The molecule has 3 heterocycles. The van der Waals surface area contributed by atoms with Gasteiger partial charge in [0, 0.05) is 40.7 Å². The highest BCUT2D eigenvalue weighted by molar-refractivity contribution is 6.47. The van der Waals surface area contributed by atoms with E-state index >= 15 is 0 Å². The fraction of sp³-hybridized carbons (Fsp3) is 0.114. The van der Waals surface area contributed by atoms with Crippen molar-refractivity contribution in [2.75, 3.05) is 11.9 Å². The van der Waals surface area contributed by atoms with E-state index in [1.165, 1.54) is 5.56 Å². The topological polar surface area (TPSA) is 20.5 Å². The third-order valence-corrected chi connectivity index (χ3v) is 8.59. The van der Waals surface area contributed by atoms with Crippen LogP contribution < -0.4 is 4.90 Å². The highest BCUT2D eigenvalue weighted by atomic mass is 35.5. The summed E-state index contributed by atoms with van der Waals surface area (Å²) in [6.07, 6.45) is 7.44. The minimum Gasteiger partial charge on any atom is -0.347 e. The first kappa shape index (κ1) is 29.0. The van der Waals surface area contributed by atoms with Crippen molar-refractivity contribution >= 4 is 47.6 Å². The summed E-state index contributed by atoms with van der Waals surface area (Å²) in [6.45, 7) is 4.36. The molecule has 214 valence electrons. The van der Waals surface area contributed by atoms with Gasteiger partial charge in [-0.3, -0.25) is 8.63 Å². The molecule has 0 amide bonds. The van der Waals surface area contributed by atoms with Crippen molar-refractivity contribution in [3.05, 3.63) is 154 Å². The van der Waals surface area contributed by atoms with Gasteiger partial charge in [0.1, 0.15) is 0 Å². The number of halogens is 4. The highest BCUT2D eigenvalue weighted by Crippen LogP contribution is 2.46. The number of allylic oxidation sites excluding steroid dienone is 7. The molecule has 3 nitrogen and oxygen atoms in total. The molecule has 0 N–H and O–H groups in total. The third-order valence-electron chi connectivity index (χ3n) is 8.01. The molecule has 0 atom stereocenters. The van der Waals surface area contributed by atoms with Crippen molar-refractivity contribution in [3.63, 3.8) is 0 Å². The van der Waals surface area contributed by atoms with E-state index in [4.69, 9.17) is 28.2 Å². The third kappa shape index (κ3) is 5.19. The monoisotopic (exact) mass is 609 g/mol. The van der Waals surface area contributed by atoms with Gasteiger partial charge in [0.15, 0.2) is 0 Å². The lowest BCUT2D eigenvalue weighted by Crippen LogP contribution is -2.22. The Morgan fingerprint density at radius 1 is 0.884 bits per heavy atom. The van der Waals surface area contributed by atoms with Gasteiger partial charge in [0.25, 0.3) is 0 Å². The molecule has 2 aliphatic heterocycles. The average molecular weight is 610 g/mol. The van der Waals surface area contributed by atoms with Crippen LogP contribution in [0.4, 0.5) is 14.3 Å². The lowest BCUT2D eigenvalue weighted by atomic mass is 9.84. The number of hydrogen-bond donors (Lipinski definition) is 0. The van der Waals surface area contributed by atoms with Crippen LogP contribution in [-0.4, -0.2) is 24.6 Å². The Bertz CT molecular complexity index is 1850. The highest BCUT2D eigenvalue weighted by Gasteiger charge is 2.37. The van der Waals surface area contributed by atoms with Gasteiger partial charge in [-0.1, -0.05) is 128 Å². The van der Waals surface area contributed by atoms with E-state index in [-0.39, 0.29) is 21.8 Å². The molecule has 0 fully saturated rings. The second-order valence-corrected chi connectivity index (χ2v) is 11.8. The van der Waals surface area contributed by atoms with Crippen molar-refractivity contribution in [3.8, 4) is 11.3 Å². The number of likely N-dealkylation sites (N-methyl/N-ethyl adjacent to an activating group) is 1. The molecule has 6 rings (SSSR count). The van der Waals surface area contributed by atoms with Crippen LogP contribution in [0.15, 0.2) is 137 Å². The lowest BCUT2D eigenvalue weighted by molar-refractivity contribution is 0.630. The summed E-state index contributed by atoms with van der Waals surface area (Å²) in [7, 11) is -0.816. The molecule has 4 aromatic rings. The van der Waals surface area contributed by atoms with Crippen molar-refractivity contribution in [1.82, 2.24) is 4.48 Å². The molecule has 0 radical (unpaired) electrons. The first-order valence-corrected chi connectivity index (χ1v) is 14.7. The minimum atomic E-state index is -2.85. The standard InChI is InChI=1S/C35H28BCl2F2N3/c1-35(2)26-18-10-11-19-30(26)42(3)32(35)20-12-17-25(29-21-27(37)33(41-29)23-13-6-4-7-14-23)31-22-28(38)34(43(31)36(39)40)24-15-8-5-9-16-24/h4-22H,1-3H3/b17-12+,29-25+,32-20-. The average Bonchev–Trinajstić information content (AvgIpc) is 3.62. The zero-order chi connectivity index (χ0) is 30.3. The van der Waals surface area contributed by atoms with E-state index in [1.54, 1.807) is 36.4 Å². The Labute approximate surface area is 261 Å². The van der Waals surface area contributed by atoms with Crippen LogP contribution in [0.25, 0.3) is 16.8 Å². The van der Waals surface area contributed by atoms with Crippen LogP contribution in [0.5, 0.6) is 0 Å². The van der Waals surface area contributed by atoms with E-state index in [1.807, 2.05) is 73.8 Å². The van der Waals surface area contributed by atoms with E-state index in [9.17, 15) is 8.63 Å². The summed E-state index contributed by atoms with van der Waals surface area (Å²) < 4.78 is 30.7. The Morgan fingerprint density at radius 2 is 1.51 bits per heavy atom. The molecule has 0 saturated heterocycles. The second kappa shape index (κ2) is 11.5. The molecule has 43 heavy (non-hydrogen) atoms. The van der Waals surface area contributed by atoms with E-state index in [2.05, 4.69) is 30.9 Å². The normalized spacial score (nSPS) is 17.8. The fourth-order valence-electron chi connectivity index (χ4n) is 5.95. The van der Waals surface area contributed by atoms with E-state index < -0.39 is 7.40 Å². The maximum atomic E-state index is 14.9. The number of aliphatic imine (C=N–C) groups is 1. The molecule has 8 heteroatoms. The van der Waals surface area contributed by atoms with Gasteiger partial charge < -0.3 is 9.38 Å². The Balaban J connectivity index is 1.53. The molecule has 0 unspecified atom stereocenters. The van der Waals surface area contributed by atoms with Gasteiger partial charge in [0.2, 0.25) is 0 Å². The summed E-state index contributed by atoms with van der Waals surface area (Å²) in [6, 6.07) is 28.4. The van der Waals surface area contributed by atoms with Gasteiger partial charge >= 0.3 is 7.40 Å². The number of aromatic nitrogens is 1. The Kier molecular flexibility index (Phi) is 7.76. The summed E-state index contributed by atoms with van der Waals surface area (Å²) in [4.78, 5) is 7.01. The first-order chi connectivity index (χ1) is 20.7. The van der Waals surface area contributed by atoms with Crippen molar-refractivity contribution in [2.24, 2.45) is 4.99 Å². The zero-order valence-electron chi connectivity index (χ0n) is 23.9. The molecule has 0 saturated carbocycles. The SMILES string of the molecule is CN1\C(=C/C=C/C(=C2/C=C(Cl)C(c3ccccc3)=N2)c2cc(Cl)c(-c3ccccc3)n2B(F)F)C(C)(C)c2ccccc21. The largest absolute Gasteiger partial charge is 0.678 e. The van der Waals surface area contributed by atoms with Gasteiger partial charge in [0.05, 0.1) is 27.2 Å². The number of benzene rings is 3. The molecule has 1 aromatic heterocycles. The Hall–Kier alpha value is -4.13. The van der Waals surface area contributed by atoms with Crippen molar-refractivity contribution in [1.29, 1.82) is 0 Å². The summed E-state index contributed by atoms with van der Waals surface area (Å²) in [5.74, 6) is 0. The molecular formula is C35H28BCl2F2N3. The summed E-state index contributed by atoms with van der Waals surface area (Å²) in [5.41, 5.74) is 6.63. The van der Waals surface area contributed by atoms with E-state index in [0.717, 1.165) is 21.4 Å². The number of para-hydroxylation sites is 1. The Morgan fingerprint density at radius 3 is 2.16 bits per heavy atom. The van der Waals surface area contributed by atoms with Crippen LogP contribution in [-0.2, 0) is 5.41 Å². The van der Waals surface area contributed by atoms with Crippen LogP contribution in [0.2, 0.25) is 5.02 Å². The zero-order valence-corrected chi connectivity index (χ0v) is 25.4. The predicted octanol–water partition coefficient (Wildman–Crippen LogP) is 9.78. The lowest BCUT2D eigenvalue weighted by Gasteiger charge is -2.23. The molecule has 3 aromatic carbocycles. The number of rotatable bonds is 6. The molecular weight excluding hydrogens is 582 g/mol. The molecule has 0 aliphatic carbocycles. The number of fused-ring (bicyclic) bond motifs is 1. The number of nitrogens with zero attached hydrogens (tertiary/aromatic N) is 3. The predicted molar refractivity (Wildman–Crippen MR) is 177 cm³/mol. The molecule has 0 bridgehead atoms. The van der Waals surface area contributed by atoms with Gasteiger partial charge in [-0.05, 0) is 35.4 Å². The fourth-order valence-corrected chi connectivity index (χ4v) is 6.51. The maximum Gasteiger partial charge on any atom is 0.678 e. The van der Waals surface area contributed by atoms with Crippen LogP contribution in [0, 0.1) is 0 Å².